The number of carbonyl (C=O) groups excluding carboxylic acids is 1. The molecule has 3 atom stereocenters. The first kappa shape index (κ1) is 22.1. The van der Waals surface area contributed by atoms with Crippen molar-refractivity contribution in [1.82, 2.24) is 24.2 Å². The lowest BCUT2D eigenvalue weighted by Gasteiger charge is -2.34. The molecule has 1 fully saturated rings. The predicted molar refractivity (Wildman–Crippen MR) is 118 cm³/mol. The van der Waals surface area contributed by atoms with Crippen LogP contribution in [0, 0.1) is 11.8 Å². The summed E-state index contributed by atoms with van der Waals surface area (Å²) in [6, 6.07) is 4.84. The standard InChI is InChI=1S/C20H27N5O4S2/c1-12-6-5-7-15(13(12)2)21-18(26)11-30-20-23-22-19-25(20)16-10-14(8-9-17(16)29-19)31(27,28)24(3)4/h8-10,12-13,15H,5-7,11H2,1-4H3,(H,21,26)/t12-,13-,15+/m0/s1. The molecule has 31 heavy (non-hydrogen) atoms. The van der Waals surface area contributed by atoms with Gasteiger partial charge in [-0.1, -0.05) is 43.5 Å². The van der Waals surface area contributed by atoms with E-state index in [2.05, 4.69) is 29.4 Å². The number of fused-ring (bicyclic) bond motifs is 3. The summed E-state index contributed by atoms with van der Waals surface area (Å²) in [7, 11) is -0.630. The average molecular weight is 466 g/mol. The topological polar surface area (TPSA) is 110 Å². The Kier molecular flexibility index (Phi) is 6.01. The highest BCUT2D eigenvalue weighted by molar-refractivity contribution is 7.99. The van der Waals surface area contributed by atoms with E-state index in [0.717, 1.165) is 17.1 Å². The van der Waals surface area contributed by atoms with Gasteiger partial charge in [-0.05, 0) is 36.5 Å². The third kappa shape index (κ3) is 4.18. The van der Waals surface area contributed by atoms with Crippen molar-refractivity contribution in [2.75, 3.05) is 19.8 Å². The molecule has 4 rings (SSSR count). The second kappa shape index (κ2) is 8.44. The van der Waals surface area contributed by atoms with Crippen molar-refractivity contribution in [3.8, 4) is 0 Å². The number of amides is 1. The highest BCUT2D eigenvalue weighted by Gasteiger charge is 2.28. The molecular weight excluding hydrogens is 438 g/mol. The third-order valence-electron chi connectivity index (χ3n) is 6.14. The summed E-state index contributed by atoms with van der Waals surface area (Å²) >= 11 is 1.25. The molecule has 1 amide bonds. The summed E-state index contributed by atoms with van der Waals surface area (Å²) in [5.74, 6) is 1.47. The maximum absolute atomic E-state index is 12.6. The third-order valence-corrected chi connectivity index (χ3v) is 8.88. The number of rotatable bonds is 6. The summed E-state index contributed by atoms with van der Waals surface area (Å²) in [4.78, 5) is 12.7. The van der Waals surface area contributed by atoms with E-state index in [0.29, 0.717) is 28.1 Å². The van der Waals surface area contributed by atoms with Gasteiger partial charge in [0.25, 0.3) is 0 Å². The second-order valence-corrected chi connectivity index (χ2v) is 11.4. The molecule has 1 aliphatic rings. The van der Waals surface area contributed by atoms with Gasteiger partial charge < -0.3 is 9.73 Å². The molecule has 168 valence electrons. The number of carbonyl (C=O) groups is 1. The number of oxazole rings is 1. The smallest absolute Gasteiger partial charge is 0.328 e. The normalized spacial score (nSPS) is 22.4. The number of sulfonamides is 1. The van der Waals surface area contributed by atoms with Crippen molar-refractivity contribution >= 4 is 44.6 Å². The van der Waals surface area contributed by atoms with E-state index < -0.39 is 10.0 Å². The Labute approximate surface area is 185 Å². The van der Waals surface area contributed by atoms with Crippen molar-refractivity contribution in [2.45, 2.75) is 49.2 Å². The van der Waals surface area contributed by atoms with Gasteiger partial charge in [0.2, 0.25) is 15.9 Å². The quantitative estimate of drug-likeness (QED) is 0.557. The largest absolute Gasteiger partial charge is 0.422 e. The van der Waals surface area contributed by atoms with Crippen LogP contribution in [0.15, 0.2) is 32.7 Å². The van der Waals surface area contributed by atoms with Crippen LogP contribution in [0.2, 0.25) is 0 Å². The molecule has 1 aromatic carbocycles. The maximum atomic E-state index is 12.6. The molecule has 2 aromatic heterocycles. The van der Waals surface area contributed by atoms with Gasteiger partial charge >= 0.3 is 5.84 Å². The fourth-order valence-electron chi connectivity index (χ4n) is 4.01. The van der Waals surface area contributed by atoms with Gasteiger partial charge in [0.1, 0.15) is 0 Å². The number of benzene rings is 1. The summed E-state index contributed by atoms with van der Waals surface area (Å²) in [5.41, 5.74) is 1.04. The maximum Gasteiger partial charge on any atom is 0.328 e. The zero-order chi connectivity index (χ0) is 22.3. The molecule has 0 unspecified atom stereocenters. The molecular formula is C20H27N5O4S2. The molecule has 0 bridgehead atoms. The molecule has 2 heterocycles. The molecule has 11 heteroatoms. The number of hydrogen-bond acceptors (Lipinski definition) is 7. The van der Waals surface area contributed by atoms with Crippen LogP contribution in [0.5, 0.6) is 0 Å². The molecule has 0 radical (unpaired) electrons. The van der Waals surface area contributed by atoms with E-state index in [1.165, 1.54) is 38.3 Å². The van der Waals surface area contributed by atoms with Crippen LogP contribution in [0.25, 0.3) is 16.9 Å². The lowest BCUT2D eigenvalue weighted by atomic mass is 9.78. The van der Waals surface area contributed by atoms with Crippen LogP contribution < -0.4 is 5.32 Å². The number of nitrogens with zero attached hydrogens (tertiary/aromatic N) is 4. The first-order chi connectivity index (χ1) is 14.7. The Hall–Kier alpha value is -2.11. The molecule has 0 spiro atoms. The SMILES string of the molecule is C[C@H]1[C@@H](C)CCC[C@H]1NC(=O)CSc1nnc2oc3ccc(S(=O)(=O)N(C)C)cc3n12. The van der Waals surface area contributed by atoms with Gasteiger partial charge in [0.15, 0.2) is 10.7 Å². The second-order valence-electron chi connectivity index (χ2n) is 8.35. The van der Waals surface area contributed by atoms with Crippen LogP contribution in [0.4, 0.5) is 0 Å². The van der Waals surface area contributed by atoms with Crippen LogP contribution in [-0.2, 0) is 14.8 Å². The minimum Gasteiger partial charge on any atom is -0.422 e. The van der Waals surface area contributed by atoms with Gasteiger partial charge in [0.05, 0.1) is 16.2 Å². The van der Waals surface area contributed by atoms with Crippen molar-refractivity contribution in [2.24, 2.45) is 11.8 Å². The fourth-order valence-corrected chi connectivity index (χ4v) is 5.68. The molecule has 3 aromatic rings. The number of aromatic nitrogens is 3. The first-order valence-electron chi connectivity index (χ1n) is 10.3. The zero-order valence-electron chi connectivity index (χ0n) is 18.0. The molecule has 1 saturated carbocycles. The monoisotopic (exact) mass is 465 g/mol. The Morgan fingerprint density at radius 1 is 1.29 bits per heavy atom. The number of hydrogen-bond donors (Lipinski definition) is 1. The van der Waals surface area contributed by atoms with Gasteiger partial charge in [-0.15, -0.1) is 5.10 Å². The minimum absolute atomic E-state index is 0.0450. The van der Waals surface area contributed by atoms with E-state index in [9.17, 15) is 13.2 Å². The summed E-state index contributed by atoms with van der Waals surface area (Å²) < 4.78 is 33.5. The van der Waals surface area contributed by atoms with Crippen molar-refractivity contribution in [3.63, 3.8) is 0 Å². The van der Waals surface area contributed by atoms with Crippen LogP contribution in [-0.4, -0.2) is 59.1 Å². The van der Waals surface area contributed by atoms with E-state index in [1.807, 2.05) is 0 Å². The zero-order valence-corrected chi connectivity index (χ0v) is 19.7. The highest BCUT2D eigenvalue weighted by Crippen LogP contribution is 2.30. The minimum atomic E-state index is -3.60. The highest BCUT2D eigenvalue weighted by atomic mass is 32.2. The van der Waals surface area contributed by atoms with E-state index in [1.54, 1.807) is 16.5 Å². The van der Waals surface area contributed by atoms with Gasteiger partial charge in [-0.2, -0.15) is 0 Å². The first-order valence-corrected chi connectivity index (χ1v) is 12.7. The Bertz CT molecular complexity index is 1220. The lowest BCUT2D eigenvalue weighted by Crippen LogP contribution is -2.44. The molecule has 9 nitrogen and oxygen atoms in total. The van der Waals surface area contributed by atoms with Gasteiger partial charge in [-0.3, -0.25) is 4.79 Å². The summed E-state index contributed by atoms with van der Waals surface area (Å²) in [5, 5.41) is 11.8. The number of thioether (sulfide) groups is 1. The van der Waals surface area contributed by atoms with Crippen LogP contribution >= 0.6 is 11.8 Å². The average Bonchev–Trinajstić information content (AvgIpc) is 3.28. The van der Waals surface area contributed by atoms with E-state index >= 15 is 0 Å². The Morgan fingerprint density at radius 3 is 2.81 bits per heavy atom. The molecule has 0 saturated heterocycles. The fraction of sp³-hybridized carbons (Fsp3) is 0.550. The van der Waals surface area contributed by atoms with Crippen molar-refractivity contribution in [3.05, 3.63) is 18.2 Å². The Morgan fingerprint density at radius 2 is 2.06 bits per heavy atom. The number of nitrogens with one attached hydrogen (secondary N) is 1. The van der Waals surface area contributed by atoms with E-state index in [-0.39, 0.29) is 28.4 Å². The predicted octanol–water partition coefficient (Wildman–Crippen LogP) is 2.76. The van der Waals surface area contributed by atoms with E-state index in [4.69, 9.17) is 4.42 Å². The molecule has 0 aliphatic heterocycles. The van der Waals surface area contributed by atoms with Crippen molar-refractivity contribution in [1.29, 1.82) is 0 Å². The molecule has 1 N–H and O–H groups in total. The van der Waals surface area contributed by atoms with Crippen LogP contribution in [0.3, 0.4) is 0 Å². The Balaban J connectivity index is 1.55. The summed E-state index contributed by atoms with van der Waals surface area (Å²) in [6.45, 7) is 4.43. The molecule has 1 aliphatic carbocycles. The van der Waals surface area contributed by atoms with Crippen molar-refractivity contribution < 1.29 is 17.6 Å². The van der Waals surface area contributed by atoms with Crippen LogP contribution in [0.1, 0.15) is 33.1 Å². The van der Waals surface area contributed by atoms with Gasteiger partial charge in [0, 0.05) is 20.1 Å². The summed E-state index contributed by atoms with van der Waals surface area (Å²) in [6.07, 6.45) is 3.35. The lowest BCUT2D eigenvalue weighted by molar-refractivity contribution is -0.120. The van der Waals surface area contributed by atoms with Gasteiger partial charge in [-0.25, -0.2) is 17.1 Å².